The van der Waals surface area contributed by atoms with E-state index in [-0.39, 0.29) is 5.91 Å². The average molecular weight is 272 g/mol. The summed E-state index contributed by atoms with van der Waals surface area (Å²) in [5, 5.41) is 13.0. The van der Waals surface area contributed by atoms with Crippen molar-refractivity contribution in [2.45, 2.75) is 31.8 Å². The Morgan fingerprint density at radius 2 is 2.22 bits per heavy atom. The van der Waals surface area contributed by atoms with Crippen molar-refractivity contribution in [2.24, 2.45) is 5.92 Å². The molecule has 2 aliphatic rings. The molecule has 2 rings (SSSR count). The fourth-order valence-electron chi connectivity index (χ4n) is 2.51. The summed E-state index contributed by atoms with van der Waals surface area (Å²) >= 11 is 1.65. The van der Waals surface area contributed by atoms with Gasteiger partial charge in [0, 0.05) is 18.8 Å². The fraction of sp³-hybridized carbons (Fsp3) is 0.923. The Hall–Kier alpha value is -0.260. The average Bonchev–Trinajstić information content (AvgIpc) is 2.80. The summed E-state index contributed by atoms with van der Waals surface area (Å²) in [6.45, 7) is 6.13. The maximum Gasteiger partial charge on any atom is 0.252 e. The number of nitrogens with one attached hydrogen (secondary N) is 1. The highest BCUT2D eigenvalue weighted by Crippen LogP contribution is 2.27. The summed E-state index contributed by atoms with van der Waals surface area (Å²) in [7, 11) is 0. The normalized spacial score (nSPS) is 30.6. The quantitative estimate of drug-likeness (QED) is 0.791. The maximum absolute atomic E-state index is 11.9. The van der Waals surface area contributed by atoms with Gasteiger partial charge < -0.3 is 15.3 Å². The number of hydrogen-bond donors (Lipinski definition) is 2. The minimum absolute atomic E-state index is 0.183. The molecule has 18 heavy (non-hydrogen) atoms. The Bertz CT molecular complexity index is 285. The smallest absolute Gasteiger partial charge is 0.252 e. The van der Waals surface area contributed by atoms with Crippen LogP contribution in [0.3, 0.4) is 0 Å². The molecule has 0 radical (unpaired) electrons. The minimum Gasteiger partial charge on any atom is -0.379 e. The predicted octanol–water partition coefficient (Wildman–Crippen LogP) is 0.702. The molecule has 2 saturated heterocycles. The topological polar surface area (TPSA) is 52.6 Å². The number of thioether (sulfide) groups is 1. The van der Waals surface area contributed by atoms with Crippen molar-refractivity contribution in [1.29, 1.82) is 0 Å². The standard InChI is InChI=1S/C13H24N2O2S/c1-11-2-6-15(7-3-11)8-5-14-12(16)13(17)4-9-18-10-13/h11,17H,2-10H2,1H3,(H,14,16). The van der Waals surface area contributed by atoms with E-state index in [1.807, 2.05) is 0 Å². The van der Waals surface area contributed by atoms with Gasteiger partial charge in [0.2, 0.25) is 0 Å². The van der Waals surface area contributed by atoms with Crippen molar-refractivity contribution in [2.75, 3.05) is 37.7 Å². The Kier molecular flexibility index (Phi) is 4.92. The monoisotopic (exact) mass is 272 g/mol. The number of carbonyl (C=O) groups excluding carboxylic acids is 1. The predicted molar refractivity (Wildman–Crippen MR) is 74.7 cm³/mol. The minimum atomic E-state index is -1.11. The van der Waals surface area contributed by atoms with Crippen molar-refractivity contribution < 1.29 is 9.90 Å². The Morgan fingerprint density at radius 1 is 1.50 bits per heavy atom. The van der Waals surface area contributed by atoms with E-state index in [0.717, 1.165) is 31.3 Å². The van der Waals surface area contributed by atoms with Crippen molar-refractivity contribution >= 4 is 17.7 Å². The van der Waals surface area contributed by atoms with Gasteiger partial charge in [0.25, 0.3) is 5.91 Å². The number of rotatable bonds is 4. The summed E-state index contributed by atoms with van der Waals surface area (Å²) in [6, 6.07) is 0. The molecule has 4 nitrogen and oxygen atoms in total. The zero-order valence-electron chi connectivity index (χ0n) is 11.2. The summed E-state index contributed by atoms with van der Waals surface area (Å²) < 4.78 is 0. The first-order valence-electron chi connectivity index (χ1n) is 6.91. The summed E-state index contributed by atoms with van der Waals surface area (Å²) in [4.78, 5) is 14.3. The molecule has 2 fully saturated rings. The molecule has 0 aromatic carbocycles. The largest absolute Gasteiger partial charge is 0.379 e. The number of carbonyl (C=O) groups is 1. The second kappa shape index (κ2) is 6.26. The van der Waals surface area contributed by atoms with Gasteiger partial charge in [-0.05, 0) is 44.0 Å². The van der Waals surface area contributed by atoms with Crippen LogP contribution < -0.4 is 5.32 Å². The highest BCUT2D eigenvalue weighted by molar-refractivity contribution is 7.99. The molecule has 0 saturated carbocycles. The molecule has 0 spiro atoms. The van der Waals surface area contributed by atoms with E-state index in [1.54, 1.807) is 11.8 Å². The van der Waals surface area contributed by atoms with Gasteiger partial charge in [0.1, 0.15) is 0 Å². The Labute approximate surface area is 113 Å². The number of aliphatic hydroxyl groups is 1. The Morgan fingerprint density at radius 3 is 2.83 bits per heavy atom. The van der Waals surface area contributed by atoms with E-state index in [0.29, 0.717) is 18.7 Å². The number of hydrogen-bond acceptors (Lipinski definition) is 4. The lowest BCUT2D eigenvalue weighted by Crippen LogP contribution is -2.49. The highest BCUT2D eigenvalue weighted by Gasteiger charge is 2.39. The van der Waals surface area contributed by atoms with Crippen LogP contribution in [0.25, 0.3) is 0 Å². The van der Waals surface area contributed by atoms with Gasteiger partial charge in [-0.3, -0.25) is 4.79 Å². The van der Waals surface area contributed by atoms with E-state index >= 15 is 0 Å². The molecular formula is C13H24N2O2S. The first kappa shape index (κ1) is 14.2. The van der Waals surface area contributed by atoms with Crippen molar-refractivity contribution in [3.63, 3.8) is 0 Å². The molecule has 0 aliphatic carbocycles. The number of likely N-dealkylation sites (tertiary alicyclic amines) is 1. The molecular weight excluding hydrogens is 248 g/mol. The molecule has 0 aromatic heterocycles. The van der Waals surface area contributed by atoms with Crippen LogP contribution in [0.1, 0.15) is 26.2 Å². The molecule has 104 valence electrons. The van der Waals surface area contributed by atoms with Gasteiger partial charge in [0.05, 0.1) is 0 Å². The molecule has 0 bridgehead atoms. The molecule has 2 heterocycles. The SMILES string of the molecule is CC1CCN(CCNC(=O)C2(O)CCSC2)CC1. The third-order valence-corrected chi connectivity index (χ3v) is 5.19. The van der Waals surface area contributed by atoms with Gasteiger partial charge in [-0.25, -0.2) is 0 Å². The van der Waals surface area contributed by atoms with Crippen LogP contribution in [-0.4, -0.2) is 59.2 Å². The zero-order valence-corrected chi connectivity index (χ0v) is 12.0. The highest BCUT2D eigenvalue weighted by atomic mass is 32.2. The molecule has 0 aromatic rings. The van der Waals surface area contributed by atoms with Crippen LogP contribution in [0.4, 0.5) is 0 Å². The molecule has 1 amide bonds. The molecule has 5 heteroatoms. The van der Waals surface area contributed by atoms with E-state index in [4.69, 9.17) is 0 Å². The third-order valence-electron chi connectivity index (χ3n) is 4.01. The lowest BCUT2D eigenvalue weighted by molar-refractivity contribution is -0.137. The van der Waals surface area contributed by atoms with Crippen LogP contribution in [0, 0.1) is 5.92 Å². The number of nitrogens with zero attached hydrogens (tertiary/aromatic N) is 1. The van der Waals surface area contributed by atoms with E-state index in [1.165, 1.54) is 12.8 Å². The molecule has 2 N–H and O–H groups in total. The van der Waals surface area contributed by atoms with Crippen molar-refractivity contribution in [1.82, 2.24) is 10.2 Å². The van der Waals surface area contributed by atoms with Crippen molar-refractivity contribution in [3.8, 4) is 0 Å². The first-order valence-corrected chi connectivity index (χ1v) is 8.06. The van der Waals surface area contributed by atoms with Crippen LogP contribution >= 0.6 is 11.8 Å². The Balaban J connectivity index is 1.64. The van der Waals surface area contributed by atoms with Crippen LogP contribution in [0.5, 0.6) is 0 Å². The van der Waals surface area contributed by atoms with Gasteiger partial charge in [-0.1, -0.05) is 6.92 Å². The zero-order chi connectivity index (χ0) is 13.0. The van der Waals surface area contributed by atoms with Gasteiger partial charge in [-0.2, -0.15) is 11.8 Å². The molecule has 1 atom stereocenters. The second-order valence-corrected chi connectivity index (χ2v) is 6.72. The maximum atomic E-state index is 11.9. The van der Waals surface area contributed by atoms with Crippen molar-refractivity contribution in [3.05, 3.63) is 0 Å². The van der Waals surface area contributed by atoms with Crippen LogP contribution in [0.15, 0.2) is 0 Å². The number of piperidine rings is 1. The van der Waals surface area contributed by atoms with E-state index in [2.05, 4.69) is 17.1 Å². The second-order valence-electron chi connectivity index (χ2n) is 5.61. The third kappa shape index (κ3) is 3.62. The van der Waals surface area contributed by atoms with E-state index in [9.17, 15) is 9.90 Å². The lowest BCUT2D eigenvalue weighted by Gasteiger charge is -2.30. The lowest BCUT2D eigenvalue weighted by atomic mass is 9.99. The summed E-state index contributed by atoms with van der Waals surface area (Å²) in [5.74, 6) is 2.08. The summed E-state index contributed by atoms with van der Waals surface area (Å²) in [6.07, 6.45) is 3.10. The number of amides is 1. The van der Waals surface area contributed by atoms with Gasteiger partial charge in [0.15, 0.2) is 5.60 Å². The van der Waals surface area contributed by atoms with Gasteiger partial charge in [-0.15, -0.1) is 0 Å². The van der Waals surface area contributed by atoms with Crippen LogP contribution in [-0.2, 0) is 4.79 Å². The first-order chi connectivity index (χ1) is 8.60. The van der Waals surface area contributed by atoms with E-state index < -0.39 is 5.60 Å². The van der Waals surface area contributed by atoms with Gasteiger partial charge >= 0.3 is 0 Å². The van der Waals surface area contributed by atoms with Crippen LogP contribution in [0.2, 0.25) is 0 Å². The molecule has 1 unspecified atom stereocenters. The fourth-order valence-corrected chi connectivity index (χ4v) is 3.75. The summed E-state index contributed by atoms with van der Waals surface area (Å²) in [5.41, 5.74) is -1.11. The molecule has 2 aliphatic heterocycles.